The van der Waals surface area contributed by atoms with Gasteiger partial charge in [0.25, 0.3) is 0 Å². The largest absolute Gasteiger partial charge is 0.416 e. The summed E-state index contributed by atoms with van der Waals surface area (Å²) in [5.41, 5.74) is 6.88. The number of nitrogens with two attached hydrogens (primary N) is 2. The molecule has 2 amide bonds. The van der Waals surface area contributed by atoms with Crippen molar-refractivity contribution in [1.29, 1.82) is 0 Å². The number of urea groups is 1. The van der Waals surface area contributed by atoms with E-state index in [2.05, 4.69) is 21.1 Å². The van der Waals surface area contributed by atoms with Gasteiger partial charge in [-0.1, -0.05) is 12.1 Å². The fraction of sp³-hybridized carbons (Fsp3) is 0.222. The van der Waals surface area contributed by atoms with Gasteiger partial charge in [-0.05, 0) is 36.4 Å². The van der Waals surface area contributed by atoms with E-state index in [1.54, 1.807) is 24.3 Å². The number of alkyl halides is 3. The van der Waals surface area contributed by atoms with Crippen LogP contribution in [0.25, 0.3) is 0 Å². The van der Waals surface area contributed by atoms with E-state index >= 15 is 0 Å². The molecule has 0 spiro atoms. The van der Waals surface area contributed by atoms with Crippen LogP contribution in [0.5, 0.6) is 0 Å². The molecule has 1 saturated heterocycles. The van der Waals surface area contributed by atoms with Crippen molar-refractivity contribution in [3.8, 4) is 0 Å². The van der Waals surface area contributed by atoms with Crippen LogP contribution in [0.1, 0.15) is 11.1 Å². The van der Waals surface area contributed by atoms with Crippen LogP contribution in [0.15, 0.2) is 53.6 Å². The third-order valence-corrected chi connectivity index (χ3v) is 4.18. The molecular formula is C18H20F3N7O. The highest BCUT2D eigenvalue weighted by molar-refractivity contribution is 6.02. The molecule has 2 aromatic rings. The predicted octanol–water partition coefficient (Wildman–Crippen LogP) is 1.93. The fourth-order valence-electron chi connectivity index (χ4n) is 2.79. The fourth-order valence-corrected chi connectivity index (χ4v) is 2.79. The summed E-state index contributed by atoms with van der Waals surface area (Å²) >= 11 is 0. The van der Waals surface area contributed by atoms with Gasteiger partial charge in [0.15, 0.2) is 5.84 Å². The number of halogens is 3. The lowest BCUT2D eigenvalue weighted by molar-refractivity contribution is -0.137. The summed E-state index contributed by atoms with van der Waals surface area (Å²) in [6.07, 6.45) is -4.40. The van der Waals surface area contributed by atoms with Crippen molar-refractivity contribution < 1.29 is 18.0 Å². The number of hydrogen-bond donors (Lipinski definition) is 5. The maximum absolute atomic E-state index is 12.7. The number of nitrogens with zero attached hydrogens (tertiary/aromatic N) is 2. The number of carbonyl (C=O) groups is 1. The molecule has 1 aliphatic heterocycles. The number of amidine groups is 1. The number of nitrogens with one attached hydrogen (secondary N) is 3. The molecule has 11 heteroatoms. The van der Waals surface area contributed by atoms with Gasteiger partial charge in [-0.3, -0.25) is 0 Å². The maximum Gasteiger partial charge on any atom is 0.416 e. The zero-order chi connectivity index (χ0) is 21.0. The molecule has 7 N–H and O–H groups in total. The van der Waals surface area contributed by atoms with E-state index in [0.29, 0.717) is 23.5 Å². The summed E-state index contributed by atoms with van der Waals surface area (Å²) in [5.74, 6) is 5.97. The first-order chi connectivity index (χ1) is 13.7. The van der Waals surface area contributed by atoms with Crippen LogP contribution in [-0.2, 0) is 6.18 Å². The van der Waals surface area contributed by atoms with E-state index in [4.69, 9.17) is 11.6 Å². The van der Waals surface area contributed by atoms with Gasteiger partial charge in [-0.15, -0.1) is 5.10 Å². The molecule has 0 saturated carbocycles. The second-order valence-corrected chi connectivity index (χ2v) is 6.40. The maximum atomic E-state index is 12.7. The number of benzene rings is 2. The van der Waals surface area contributed by atoms with Gasteiger partial charge in [0, 0.05) is 23.5 Å². The Hall–Kier alpha value is -3.47. The Kier molecular flexibility index (Phi) is 5.78. The van der Waals surface area contributed by atoms with Gasteiger partial charge < -0.3 is 21.7 Å². The number of hydrazine groups is 1. The van der Waals surface area contributed by atoms with Gasteiger partial charge in [-0.2, -0.15) is 13.2 Å². The summed E-state index contributed by atoms with van der Waals surface area (Å²) < 4.78 is 38.1. The molecule has 0 aliphatic carbocycles. The Morgan fingerprint density at radius 2 is 1.90 bits per heavy atom. The van der Waals surface area contributed by atoms with Crippen LogP contribution >= 0.6 is 0 Å². The molecule has 2 aromatic carbocycles. The first-order valence-corrected chi connectivity index (χ1v) is 8.67. The zero-order valence-corrected chi connectivity index (χ0v) is 15.2. The molecule has 0 radical (unpaired) electrons. The molecule has 8 nitrogen and oxygen atoms in total. The monoisotopic (exact) mass is 407 g/mol. The third kappa shape index (κ3) is 5.29. The second kappa shape index (κ2) is 8.27. The van der Waals surface area contributed by atoms with E-state index in [1.807, 2.05) is 0 Å². The lowest BCUT2D eigenvalue weighted by Crippen LogP contribution is -2.41. The molecule has 3 rings (SSSR count). The minimum absolute atomic E-state index is 0.111. The highest BCUT2D eigenvalue weighted by Crippen LogP contribution is 2.30. The first kappa shape index (κ1) is 20.3. The Labute approximate surface area is 164 Å². The molecule has 1 heterocycles. The van der Waals surface area contributed by atoms with Crippen molar-refractivity contribution in [3.63, 3.8) is 0 Å². The normalized spacial score (nSPS) is 16.9. The lowest BCUT2D eigenvalue weighted by Gasteiger charge is -2.18. The van der Waals surface area contributed by atoms with E-state index in [9.17, 15) is 18.0 Å². The molecule has 1 fully saturated rings. The van der Waals surface area contributed by atoms with Gasteiger partial charge in [0.2, 0.25) is 0 Å². The van der Waals surface area contributed by atoms with E-state index in [1.165, 1.54) is 12.1 Å². The van der Waals surface area contributed by atoms with Gasteiger partial charge in [0.1, 0.15) is 0 Å². The number of anilines is 2. The zero-order valence-electron chi connectivity index (χ0n) is 15.2. The van der Waals surface area contributed by atoms with Gasteiger partial charge >= 0.3 is 12.2 Å². The number of amides is 2. The van der Waals surface area contributed by atoms with Crippen LogP contribution in [0.4, 0.5) is 29.3 Å². The van der Waals surface area contributed by atoms with E-state index < -0.39 is 11.7 Å². The van der Waals surface area contributed by atoms with Gasteiger partial charge in [-0.25, -0.2) is 15.8 Å². The van der Waals surface area contributed by atoms with Crippen LogP contribution in [0, 0.1) is 0 Å². The average molecular weight is 407 g/mol. The van der Waals surface area contributed by atoms with Crippen molar-refractivity contribution in [2.24, 2.45) is 16.7 Å². The molecule has 0 aromatic heterocycles. The standard InChI is InChI=1S/C18H20F3N7O/c19-18(20,21)11-5-7-12(8-6-11)25-15-4-2-1-3-14(15)16(22)27-28(23)10-13-9-24-17(29)26-13/h1-8,13,25H,9-10,23H2,(H2,22,27)(H2,24,26,29). The van der Waals surface area contributed by atoms with Crippen molar-refractivity contribution in [2.75, 3.05) is 18.4 Å². The lowest BCUT2D eigenvalue weighted by atomic mass is 10.1. The summed E-state index contributed by atoms with van der Waals surface area (Å²) in [4.78, 5) is 11.2. The first-order valence-electron chi connectivity index (χ1n) is 8.67. The molecule has 154 valence electrons. The Morgan fingerprint density at radius 3 is 2.52 bits per heavy atom. The summed E-state index contributed by atoms with van der Waals surface area (Å²) in [5, 5.41) is 13.6. The summed E-state index contributed by atoms with van der Waals surface area (Å²) in [6.45, 7) is 0.669. The number of hydrazone groups is 1. The topological polar surface area (TPSA) is 121 Å². The predicted molar refractivity (Wildman–Crippen MR) is 103 cm³/mol. The van der Waals surface area contributed by atoms with Crippen molar-refractivity contribution in [1.82, 2.24) is 15.8 Å². The Morgan fingerprint density at radius 1 is 1.21 bits per heavy atom. The molecule has 1 aliphatic rings. The molecular weight excluding hydrogens is 387 g/mol. The smallest absolute Gasteiger partial charge is 0.382 e. The van der Waals surface area contributed by atoms with Crippen LogP contribution in [-0.4, -0.2) is 36.1 Å². The number of para-hydroxylation sites is 1. The summed E-state index contributed by atoms with van der Waals surface area (Å²) in [6, 6.07) is 11.1. The van der Waals surface area contributed by atoms with Crippen LogP contribution in [0.2, 0.25) is 0 Å². The van der Waals surface area contributed by atoms with Crippen molar-refractivity contribution in [2.45, 2.75) is 12.2 Å². The van der Waals surface area contributed by atoms with Gasteiger partial charge in [0.05, 0.1) is 18.2 Å². The summed E-state index contributed by atoms with van der Waals surface area (Å²) in [7, 11) is 0. The Balaban J connectivity index is 1.73. The number of rotatable bonds is 6. The van der Waals surface area contributed by atoms with Crippen LogP contribution < -0.4 is 27.5 Å². The number of hydrogen-bond acceptors (Lipinski definition) is 5. The highest BCUT2D eigenvalue weighted by Gasteiger charge is 2.30. The Bertz CT molecular complexity index is 899. The third-order valence-electron chi connectivity index (χ3n) is 4.18. The highest BCUT2D eigenvalue weighted by atomic mass is 19.4. The van der Waals surface area contributed by atoms with Crippen LogP contribution in [0.3, 0.4) is 0 Å². The second-order valence-electron chi connectivity index (χ2n) is 6.40. The molecule has 29 heavy (non-hydrogen) atoms. The average Bonchev–Trinajstić information content (AvgIpc) is 3.06. The van der Waals surface area contributed by atoms with E-state index in [0.717, 1.165) is 17.3 Å². The minimum Gasteiger partial charge on any atom is -0.382 e. The molecule has 0 bridgehead atoms. The van der Waals surface area contributed by atoms with E-state index in [-0.39, 0.29) is 24.5 Å². The number of carbonyl (C=O) groups excluding carboxylic acids is 1. The minimum atomic E-state index is -4.40. The quantitative estimate of drug-likeness (QED) is 0.217. The van der Waals surface area contributed by atoms with Crippen molar-refractivity contribution in [3.05, 3.63) is 59.7 Å². The molecule has 1 atom stereocenters. The SMILES string of the molecule is N/C(=N\N(N)CC1CNC(=O)N1)c1ccccc1Nc1ccc(C(F)(F)F)cc1. The molecule has 1 unspecified atom stereocenters. The van der Waals surface area contributed by atoms with Crippen molar-refractivity contribution >= 4 is 23.2 Å².